The Morgan fingerprint density at radius 3 is 2.39 bits per heavy atom. The van der Waals surface area contributed by atoms with Crippen LogP contribution in [-0.4, -0.2) is 11.8 Å². The number of nitrogens with zero attached hydrogens (tertiary/aromatic N) is 1. The minimum Gasteiger partial charge on any atom is -0.267 e. The average molecular weight is 325 g/mol. The Bertz CT molecular complexity index is 813. The van der Waals surface area contributed by atoms with Gasteiger partial charge < -0.3 is 0 Å². The van der Waals surface area contributed by atoms with Crippen LogP contribution in [0, 0.1) is 0 Å². The molecule has 2 aromatic carbocycles. The molecule has 0 atom stereocenters. The maximum atomic E-state index is 12.3. The number of para-hydroxylation sites is 1. The second-order valence-corrected chi connectivity index (χ2v) is 5.29. The van der Waals surface area contributed by atoms with E-state index in [1.54, 1.807) is 42.5 Å². The third-order valence-corrected chi connectivity index (χ3v) is 3.69. The summed E-state index contributed by atoms with van der Waals surface area (Å²) in [5.74, 6) is -0.812. The van der Waals surface area contributed by atoms with Crippen molar-refractivity contribution >= 4 is 35.2 Å². The van der Waals surface area contributed by atoms with Gasteiger partial charge in [0.05, 0.1) is 5.69 Å². The predicted molar refractivity (Wildman–Crippen MR) is 90.6 cm³/mol. The first-order chi connectivity index (χ1) is 11.2. The number of carbonyl (C=O) groups excluding carboxylic acids is 2. The summed E-state index contributed by atoms with van der Waals surface area (Å²) in [5, 5.41) is 1.84. The molecule has 1 aliphatic heterocycles. The average Bonchev–Trinajstić information content (AvgIpc) is 2.85. The fourth-order valence-corrected chi connectivity index (χ4v) is 2.39. The lowest BCUT2D eigenvalue weighted by Crippen LogP contribution is -2.35. The zero-order chi connectivity index (χ0) is 16.2. The molecule has 2 amide bonds. The molecule has 0 spiro atoms. The van der Waals surface area contributed by atoms with E-state index in [-0.39, 0.29) is 11.5 Å². The summed E-state index contributed by atoms with van der Waals surface area (Å²) in [6, 6.07) is 16.3. The van der Waals surface area contributed by atoms with E-state index in [2.05, 4.69) is 5.43 Å². The third-order valence-electron chi connectivity index (χ3n) is 3.35. The zero-order valence-corrected chi connectivity index (χ0v) is 12.8. The molecule has 1 heterocycles. The maximum Gasteiger partial charge on any atom is 0.282 e. The number of benzene rings is 2. The van der Waals surface area contributed by atoms with Crippen molar-refractivity contribution in [1.29, 1.82) is 0 Å². The van der Waals surface area contributed by atoms with Crippen molar-refractivity contribution in [2.45, 2.75) is 0 Å². The normalized spacial score (nSPS) is 16.4. The first-order valence-electron chi connectivity index (χ1n) is 7.00. The molecule has 0 aliphatic carbocycles. The van der Waals surface area contributed by atoms with Crippen molar-refractivity contribution in [3.8, 4) is 0 Å². The van der Waals surface area contributed by atoms with Crippen LogP contribution in [0.1, 0.15) is 5.56 Å². The topological polar surface area (TPSA) is 49.4 Å². The summed E-state index contributed by atoms with van der Waals surface area (Å²) in [6.45, 7) is 0. The van der Waals surface area contributed by atoms with Crippen LogP contribution in [-0.2, 0) is 9.59 Å². The lowest BCUT2D eigenvalue weighted by Gasteiger charge is -2.13. The van der Waals surface area contributed by atoms with Crippen LogP contribution in [0.2, 0.25) is 5.02 Å². The van der Waals surface area contributed by atoms with Crippen molar-refractivity contribution in [3.05, 3.63) is 82.9 Å². The Kier molecular flexibility index (Phi) is 4.26. The van der Waals surface area contributed by atoms with Gasteiger partial charge in [0.15, 0.2) is 0 Å². The molecule has 1 aliphatic rings. The summed E-state index contributed by atoms with van der Waals surface area (Å²) in [6.07, 6.45) is 4.88. The van der Waals surface area contributed by atoms with Gasteiger partial charge in [0.25, 0.3) is 11.8 Å². The molecule has 0 saturated carbocycles. The van der Waals surface area contributed by atoms with Gasteiger partial charge in [0.1, 0.15) is 5.57 Å². The summed E-state index contributed by atoms with van der Waals surface area (Å²) in [5.41, 5.74) is 4.06. The smallest absolute Gasteiger partial charge is 0.267 e. The molecule has 4 nitrogen and oxygen atoms in total. The van der Waals surface area contributed by atoms with Crippen molar-refractivity contribution in [3.63, 3.8) is 0 Å². The van der Waals surface area contributed by atoms with Gasteiger partial charge in [-0.25, -0.2) is 5.01 Å². The molecule has 0 aromatic heterocycles. The monoisotopic (exact) mass is 324 g/mol. The van der Waals surface area contributed by atoms with E-state index < -0.39 is 5.91 Å². The molecular formula is C18H13ClN2O2. The number of nitrogens with one attached hydrogen (secondary N) is 1. The van der Waals surface area contributed by atoms with Gasteiger partial charge in [-0.2, -0.15) is 0 Å². The van der Waals surface area contributed by atoms with Crippen LogP contribution in [0.4, 0.5) is 5.69 Å². The lowest BCUT2D eigenvalue weighted by atomic mass is 10.2. The van der Waals surface area contributed by atoms with Crippen molar-refractivity contribution in [2.75, 3.05) is 5.01 Å². The van der Waals surface area contributed by atoms with Gasteiger partial charge in [-0.3, -0.25) is 15.0 Å². The molecule has 114 valence electrons. The predicted octanol–water partition coefficient (Wildman–Crippen LogP) is 3.36. The van der Waals surface area contributed by atoms with Crippen LogP contribution in [0.3, 0.4) is 0 Å². The van der Waals surface area contributed by atoms with Gasteiger partial charge in [-0.05, 0) is 29.8 Å². The van der Waals surface area contributed by atoms with Gasteiger partial charge >= 0.3 is 0 Å². The fraction of sp³-hybridized carbons (Fsp3) is 0. The second-order valence-electron chi connectivity index (χ2n) is 4.88. The zero-order valence-electron chi connectivity index (χ0n) is 12.1. The Labute approximate surface area is 138 Å². The largest absolute Gasteiger partial charge is 0.282 e. The second kappa shape index (κ2) is 6.50. The Morgan fingerprint density at radius 1 is 0.957 bits per heavy atom. The fourth-order valence-electron chi connectivity index (χ4n) is 2.19. The Morgan fingerprint density at radius 2 is 1.65 bits per heavy atom. The molecule has 1 saturated heterocycles. The number of rotatable bonds is 3. The standard InChI is InChI=1S/C18H13ClN2O2/c19-16-12-5-4-7-13(16)8-6-11-15-17(22)20-21(18(15)23)14-9-2-1-3-10-14/h1-12H,(H,20,22)/b8-6-,15-11-. The van der Waals surface area contributed by atoms with Crippen molar-refractivity contribution in [2.24, 2.45) is 0 Å². The molecule has 3 rings (SSSR count). The van der Waals surface area contributed by atoms with Crippen LogP contribution in [0.5, 0.6) is 0 Å². The van der Waals surface area contributed by atoms with E-state index >= 15 is 0 Å². The molecular weight excluding hydrogens is 312 g/mol. The van der Waals surface area contributed by atoms with Crippen molar-refractivity contribution < 1.29 is 9.59 Å². The number of hydrazine groups is 1. The highest BCUT2D eigenvalue weighted by Crippen LogP contribution is 2.20. The van der Waals surface area contributed by atoms with E-state index in [0.717, 1.165) is 5.56 Å². The summed E-state index contributed by atoms with van der Waals surface area (Å²) in [4.78, 5) is 24.3. The van der Waals surface area contributed by atoms with Gasteiger partial charge in [0.2, 0.25) is 0 Å². The summed E-state index contributed by atoms with van der Waals surface area (Å²) < 4.78 is 0. The van der Waals surface area contributed by atoms with E-state index in [9.17, 15) is 9.59 Å². The third kappa shape index (κ3) is 3.17. The van der Waals surface area contributed by atoms with Crippen LogP contribution >= 0.6 is 11.6 Å². The number of carbonyl (C=O) groups is 2. The molecule has 1 fully saturated rings. The van der Waals surface area contributed by atoms with Gasteiger partial charge in [-0.15, -0.1) is 0 Å². The summed E-state index contributed by atoms with van der Waals surface area (Å²) in [7, 11) is 0. The highest BCUT2D eigenvalue weighted by atomic mass is 35.5. The summed E-state index contributed by atoms with van der Waals surface area (Å²) >= 11 is 6.05. The number of amides is 2. The first-order valence-corrected chi connectivity index (χ1v) is 7.38. The molecule has 1 N–H and O–H groups in total. The minimum atomic E-state index is -0.428. The van der Waals surface area contributed by atoms with E-state index in [1.807, 2.05) is 24.3 Å². The molecule has 23 heavy (non-hydrogen) atoms. The molecule has 0 radical (unpaired) electrons. The number of anilines is 1. The van der Waals surface area contributed by atoms with Crippen LogP contribution in [0.15, 0.2) is 72.3 Å². The maximum absolute atomic E-state index is 12.3. The molecule has 2 aromatic rings. The minimum absolute atomic E-state index is 0.0807. The van der Waals surface area contributed by atoms with E-state index in [0.29, 0.717) is 10.7 Å². The van der Waals surface area contributed by atoms with Crippen molar-refractivity contribution in [1.82, 2.24) is 5.43 Å². The molecule has 5 heteroatoms. The van der Waals surface area contributed by atoms with Crippen LogP contribution in [0.25, 0.3) is 6.08 Å². The van der Waals surface area contributed by atoms with E-state index in [4.69, 9.17) is 11.6 Å². The first kappa shape index (κ1) is 15.1. The number of hydrogen-bond donors (Lipinski definition) is 1. The van der Waals surface area contributed by atoms with Crippen LogP contribution < -0.4 is 10.4 Å². The Hall–Kier alpha value is -2.85. The number of halogens is 1. The number of allylic oxidation sites excluding steroid dienone is 2. The SMILES string of the molecule is O=C1NN(c2ccccc2)C(=O)/C1=C\C=C/c1ccccc1Cl. The Balaban J connectivity index is 1.82. The highest BCUT2D eigenvalue weighted by Gasteiger charge is 2.33. The van der Waals surface area contributed by atoms with E-state index in [1.165, 1.54) is 11.1 Å². The number of hydrogen-bond acceptors (Lipinski definition) is 2. The molecule has 0 unspecified atom stereocenters. The van der Waals surface area contributed by atoms with Gasteiger partial charge in [0, 0.05) is 5.02 Å². The van der Waals surface area contributed by atoms with Gasteiger partial charge in [-0.1, -0.05) is 60.2 Å². The highest BCUT2D eigenvalue weighted by molar-refractivity contribution is 6.32. The quantitative estimate of drug-likeness (QED) is 0.695. The lowest BCUT2D eigenvalue weighted by molar-refractivity contribution is -0.117. The molecule has 0 bridgehead atoms.